The van der Waals surface area contributed by atoms with E-state index in [1.54, 1.807) is 12.1 Å². The van der Waals surface area contributed by atoms with Gasteiger partial charge in [0, 0.05) is 24.6 Å². The second kappa shape index (κ2) is 8.06. The lowest BCUT2D eigenvalue weighted by Crippen LogP contribution is -2.21. The van der Waals surface area contributed by atoms with Crippen LogP contribution in [-0.4, -0.2) is 24.9 Å². The van der Waals surface area contributed by atoms with Crippen molar-refractivity contribution in [1.29, 1.82) is 0 Å². The maximum atomic E-state index is 13.9. The van der Waals surface area contributed by atoms with Gasteiger partial charge in [0.15, 0.2) is 0 Å². The van der Waals surface area contributed by atoms with Crippen LogP contribution in [0.4, 0.5) is 4.39 Å². The normalized spacial score (nSPS) is 12.4. The first-order valence-corrected chi connectivity index (χ1v) is 6.46. The average molecular weight is 255 g/mol. The van der Waals surface area contributed by atoms with Gasteiger partial charge in [-0.05, 0) is 32.0 Å². The van der Waals surface area contributed by atoms with Crippen LogP contribution < -0.4 is 10.1 Å². The highest BCUT2D eigenvalue weighted by atomic mass is 19.1. The predicted molar refractivity (Wildman–Crippen MR) is 70.3 cm³/mol. The van der Waals surface area contributed by atoms with E-state index >= 15 is 0 Å². The summed E-state index contributed by atoms with van der Waals surface area (Å²) in [6.07, 6.45) is 1.55. The summed E-state index contributed by atoms with van der Waals surface area (Å²) >= 11 is 0. The minimum atomic E-state index is -0.257. The van der Waals surface area contributed by atoms with Gasteiger partial charge in [-0.1, -0.05) is 13.0 Å². The molecule has 0 aliphatic heterocycles. The maximum Gasteiger partial charge on any atom is 0.131 e. The summed E-state index contributed by atoms with van der Waals surface area (Å²) in [5.74, 6) is 0.298. The van der Waals surface area contributed by atoms with Crippen molar-refractivity contribution in [2.75, 3.05) is 19.8 Å². The van der Waals surface area contributed by atoms with Crippen molar-refractivity contribution in [3.63, 3.8) is 0 Å². The predicted octanol–water partition coefficient (Wildman–Crippen LogP) is 2.65. The number of benzene rings is 1. The standard InChI is InChI=1S/C14H22FNO2/c1-3-8-16-11(2)14-12(15)6-4-7-13(14)18-10-5-9-17/h4,6-7,11,16-17H,3,5,8-10H2,1-2H3. The lowest BCUT2D eigenvalue weighted by molar-refractivity contribution is 0.231. The van der Waals surface area contributed by atoms with Crippen LogP contribution in [0.1, 0.15) is 38.3 Å². The molecule has 4 heteroatoms. The number of hydrogen-bond acceptors (Lipinski definition) is 3. The molecule has 102 valence electrons. The zero-order valence-electron chi connectivity index (χ0n) is 11.1. The number of nitrogens with one attached hydrogen (secondary N) is 1. The maximum absolute atomic E-state index is 13.9. The van der Waals surface area contributed by atoms with Gasteiger partial charge < -0.3 is 15.2 Å². The molecule has 0 bridgehead atoms. The van der Waals surface area contributed by atoms with Crippen molar-refractivity contribution in [1.82, 2.24) is 5.32 Å². The van der Waals surface area contributed by atoms with Crippen LogP contribution in [0, 0.1) is 5.82 Å². The zero-order chi connectivity index (χ0) is 13.4. The smallest absolute Gasteiger partial charge is 0.131 e. The molecule has 2 N–H and O–H groups in total. The third kappa shape index (κ3) is 4.27. The molecule has 1 aromatic rings. The molecule has 0 spiro atoms. The van der Waals surface area contributed by atoms with Gasteiger partial charge in [-0.3, -0.25) is 0 Å². The van der Waals surface area contributed by atoms with Crippen molar-refractivity contribution in [2.45, 2.75) is 32.7 Å². The van der Waals surface area contributed by atoms with Crippen LogP contribution in [0.25, 0.3) is 0 Å². The minimum Gasteiger partial charge on any atom is -0.493 e. The molecule has 0 radical (unpaired) electrons. The van der Waals surface area contributed by atoms with Gasteiger partial charge in [0.2, 0.25) is 0 Å². The van der Waals surface area contributed by atoms with Gasteiger partial charge in [-0.15, -0.1) is 0 Å². The molecule has 0 saturated carbocycles. The average Bonchev–Trinajstić information content (AvgIpc) is 2.36. The fourth-order valence-corrected chi connectivity index (χ4v) is 1.77. The Balaban J connectivity index is 2.79. The SMILES string of the molecule is CCCNC(C)c1c(F)cccc1OCCCO. The Morgan fingerprint density at radius 3 is 2.89 bits per heavy atom. The highest BCUT2D eigenvalue weighted by molar-refractivity contribution is 5.37. The molecule has 0 aliphatic carbocycles. The number of aliphatic hydroxyl groups is 1. The first-order valence-electron chi connectivity index (χ1n) is 6.46. The van der Waals surface area contributed by atoms with E-state index in [0.717, 1.165) is 13.0 Å². The van der Waals surface area contributed by atoms with E-state index in [1.165, 1.54) is 6.07 Å². The van der Waals surface area contributed by atoms with E-state index in [2.05, 4.69) is 12.2 Å². The number of ether oxygens (including phenoxy) is 1. The van der Waals surface area contributed by atoms with E-state index in [-0.39, 0.29) is 18.5 Å². The van der Waals surface area contributed by atoms with Crippen LogP contribution in [0.15, 0.2) is 18.2 Å². The van der Waals surface area contributed by atoms with Crippen molar-refractivity contribution in [3.8, 4) is 5.75 Å². The Morgan fingerprint density at radius 1 is 1.44 bits per heavy atom. The van der Waals surface area contributed by atoms with Crippen molar-refractivity contribution in [2.24, 2.45) is 0 Å². The quantitative estimate of drug-likeness (QED) is 0.702. The molecule has 0 fully saturated rings. The summed E-state index contributed by atoms with van der Waals surface area (Å²) in [6, 6.07) is 4.76. The van der Waals surface area contributed by atoms with Gasteiger partial charge in [0.05, 0.1) is 6.61 Å². The molecule has 0 heterocycles. The molecular formula is C14H22FNO2. The van der Waals surface area contributed by atoms with Gasteiger partial charge in [-0.2, -0.15) is 0 Å². The van der Waals surface area contributed by atoms with E-state index in [1.807, 2.05) is 6.92 Å². The molecule has 0 aliphatic rings. The molecule has 1 aromatic carbocycles. The largest absolute Gasteiger partial charge is 0.493 e. The van der Waals surface area contributed by atoms with E-state index in [4.69, 9.17) is 9.84 Å². The summed E-state index contributed by atoms with van der Waals surface area (Å²) in [5.41, 5.74) is 0.559. The molecule has 1 unspecified atom stereocenters. The Bertz CT molecular complexity index is 358. The lowest BCUT2D eigenvalue weighted by Gasteiger charge is -2.18. The number of hydrogen-bond donors (Lipinski definition) is 2. The second-order valence-corrected chi connectivity index (χ2v) is 4.25. The molecule has 1 atom stereocenters. The van der Waals surface area contributed by atoms with Gasteiger partial charge in [-0.25, -0.2) is 4.39 Å². The van der Waals surface area contributed by atoms with Crippen molar-refractivity contribution in [3.05, 3.63) is 29.6 Å². The van der Waals surface area contributed by atoms with Gasteiger partial charge in [0.25, 0.3) is 0 Å². The van der Waals surface area contributed by atoms with Crippen LogP contribution in [0.5, 0.6) is 5.75 Å². The summed E-state index contributed by atoms with van der Waals surface area (Å²) in [6.45, 7) is 5.31. The number of rotatable bonds is 8. The topological polar surface area (TPSA) is 41.5 Å². The van der Waals surface area contributed by atoms with Crippen LogP contribution in [0.3, 0.4) is 0 Å². The fraction of sp³-hybridized carbons (Fsp3) is 0.571. The summed E-state index contributed by atoms with van der Waals surface area (Å²) in [7, 11) is 0. The first kappa shape index (κ1) is 14.9. The van der Waals surface area contributed by atoms with Gasteiger partial charge in [0.1, 0.15) is 11.6 Å². The highest BCUT2D eigenvalue weighted by Gasteiger charge is 2.15. The van der Waals surface area contributed by atoms with E-state index < -0.39 is 0 Å². The molecule has 18 heavy (non-hydrogen) atoms. The summed E-state index contributed by atoms with van der Waals surface area (Å²) in [4.78, 5) is 0. The van der Waals surface area contributed by atoms with E-state index in [9.17, 15) is 4.39 Å². The second-order valence-electron chi connectivity index (χ2n) is 4.25. The summed E-state index contributed by atoms with van der Waals surface area (Å²) < 4.78 is 19.4. The highest BCUT2D eigenvalue weighted by Crippen LogP contribution is 2.28. The Kier molecular flexibility index (Phi) is 6.68. The third-order valence-electron chi connectivity index (χ3n) is 2.71. The third-order valence-corrected chi connectivity index (χ3v) is 2.71. The molecule has 0 amide bonds. The molecule has 0 aromatic heterocycles. The Hall–Kier alpha value is -1.13. The van der Waals surface area contributed by atoms with E-state index in [0.29, 0.717) is 24.3 Å². The van der Waals surface area contributed by atoms with Gasteiger partial charge >= 0.3 is 0 Å². The number of aliphatic hydroxyl groups excluding tert-OH is 1. The molecule has 3 nitrogen and oxygen atoms in total. The minimum absolute atomic E-state index is 0.0777. The van der Waals surface area contributed by atoms with Crippen LogP contribution >= 0.6 is 0 Å². The first-order chi connectivity index (χ1) is 8.70. The molecule has 1 rings (SSSR count). The van der Waals surface area contributed by atoms with Crippen molar-refractivity contribution >= 4 is 0 Å². The van der Waals surface area contributed by atoms with Crippen LogP contribution in [0.2, 0.25) is 0 Å². The summed E-state index contributed by atoms with van der Waals surface area (Å²) in [5, 5.41) is 12.0. The van der Waals surface area contributed by atoms with Crippen LogP contribution in [-0.2, 0) is 0 Å². The zero-order valence-corrected chi connectivity index (χ0v) is 11.1. The Labute approximate surface area is 108 Å². The Morgan fingerprint density at radius 2 is 2.22 bits per heavy atom. The fourth-order valence-electron chi connectivity index (χ4n) is 1.77. The monoisotopic (exact) mass is 255 g/mol. The molecule has 0 saturated heterocycles. The molecular weight excluding hydrogens is 233 g/mol. The lowest BCUT2D eigenvalue weighted by atomic mass is 10.1. The number of halogens is 1. The van der Waals surface area contributed by atoms with Crippen molar-refractivity contribution < 1.29 is 14.2 Å².